The van der Waals surface area contributed by atoms with Gasteiger partial charge in [0.2, 0.25) is 23.6 Å². The van der Waals surface area contributed by atoms with E-state index in [-0.39, 0.29) is 116 Å². The maximum absolute atomic E-state index is 14.3. The molecule has 9 amide bonds. The molecule has 6 unspecified atom stereocenters. The summed E-state index contributed by atoms with van der Waals surface area (Å²) in [5, 5.41) is 24.3. The van der Waals surface area contributed by atoms with Crippen LogP contribution in [0.2, 0.25) is 0 Å². The number of benzene rings is 3. The predicted octanol–water partition coefficient (Wildman–Crippen LogP) is 6.46. The van der Waals surface area contributed by atoms with Crippen molar-refractivity contribution in [1.82, 2.24) is 30.7 Å². The van der Waals surface area contributed by atoms with E-state index in [9.17, 15) is 61.2 Å². The molecular formula is C69H91N9O20S. The van der Waals surface area contributed by atoms with Crippen LogP contribution in [0.25, 0.3) is 0 Å². The molecule has 0 aliphatic carbocycles. The van der Waals surface area contributed by atoms with Crippen LogP contribution in [-0.4, -0.2) is 187 Å². The summed E-state index contributed by atoms with van der Waals surface area (Å²) in [4.78, 5) is 123. The minimum Gasteiger partial charge on any atom is -0.493 e. The highest BCUT2D eigenvalue weighted by Crippen LogP contribution is 2.43. The number of unbranched alkanes of at least 4 members (excludes halogenated alkanes) is 2. The van der Waals surface area contributed by atoms with Crippen LogP contribution in [0.4, 0.5) is 21.9 Å². The van der Waals surface area contributed by atoms with Crippen molar-refractivity contribution < 1.29 is 94.4 Å². The first-order valence-corrected chi connectivity index (χ1v) is 34.4. The van der Waals surface area contributed by atoms with E-state index < -0.39 is 105 Å². The van der Waals surface area contributed by atoms with Gasteiger partial charge in [0.25, 0.3) is 33.7 Å². The molecule has 99 heavy (non-hydrogen) atoms. The minimum atomic E-state index is -4.65. The van der Waals surface area contributed by atoms with Crippen molar-refractivity contribution in [1.29, 1.82) is 0 Å². The van der Waals surface area contributed by atoms with E-state index in [1.54, 1.807) is 57.4 Å². The summed E-state index contributed by atoms with van der Waals surface area (Å²) in [6.45, 7) is 16.9. The van der Waals surface area contributed by atoms with Crippen LogP contribution >= 0.6 is 0 Å². The normalized spacial score (nSPS) is 18.8. The third-order valence-electron chi connectivity index (χ3n) is 17.5. The topological polar surface area (TPSA) is 366 Å². The Morgan fingerprint density at radius 2 is 1.26 bits per heavy atom. The zero-order chi connectivity index (χ0) is 72.3. The molecule has 7 N–H and O–H groups in total. The average molecular weight is 1400 g/mol. The lowest BCUT2D eigenvalue weighted by molar-refractivity contribution is -0.137. The SMILES string of the molecule is COc1cc2c(cc1OCCCCCOc1cc3c(cc1OC)C(=O)N1C=C(C)CC1C(O)N3C(=O)OCc1ccc(NC(=O)C(C)NC(=O)C(NC(=O)CCOC(C)(C)CCOC(C)(C)CCNC(=O)CCN3C(=O)C=CC3=O)C(C)C)cc1)NC(S(=O)(=O)O)C1CC(C)=CN1C2=O. The molecule has 3 aromatic rings. The number of methoxy groups -OCH3 is 2. The van der Waals surface area contributed by atoms with Crippen molar-refractivity contribution in [2.24, 2.45) is 5.92 Å². The summed E-state index contributed by atoms with van der Waals surface area (Å²) in [6.07, 6.45) is 6.03. The summed E-state index contributed by atoms with van der Waals surface area (Å²) >= 11 is 0. The zero-order valence-electron chi connectivity index (χ0n) is 57.7. The van der Waals surface area contributed by atoms with E-state index in [0.717, 1.165) is 20.9 Å². The second kappa shape index (κ2) is 32.7. The molecule has 0 bridgehead atoms. The lowest BCUT2D eigenvalue weighted by Gasteiger charge is -2.31. The van der Waals surface area contributed by atoms with Gasteiger partial charge in [0, 0.05) is 61.9 Å². The van der Waals surface area contributed by atoms with Crippen LogP contribution in [0, 0.1) is 5.92 Å². The van der Waals surface area contributed by atoms with Crippen molar-refractivity contribution in [3.8, 4) is 23.0 Å². The van der Waals surface area contributed by atoms with Gasteiger partial charge >= 0.3 is 6.09 Å². The van der Waals surface area contributed by atoms with Crippen LogP contribution < -0.4 is 50.4 Å². The van der Waals surface area contributed by atoms with Gasteiger partial charge in [-0.25, -0.2) is 9.69 Å². The Kier molecular flexibility index (Phi) is 25.0. The van der Waals surface area contributed by atoms with Crippen LogP contribution in [0.15, 0.2) is 84.2 Å². The lowest BCUT2D eigenvalue weighted by Crippen LogP contribution is -2.53. The third-order valence-corrected chi connectivity index (χ3v) is 18.6. The summed E-state index contributed by atoms with van der Waals surface area (Å²) in [5.41, 5.74) is 1.51. The second-order valence-corrected chi connectivity index (χ2v) is 28.1. The number of aliphatic hydroxyl groups is 1. The Morgan fingerprint density at radius 3 is 1.88 bits per heavy atom. The minimum absolute atomic E-state index is 0.00129. The van der Waals surface area contributed by atoms with E-state index in [1.807, 2.05) is 34.6 Å². The maximum Gasteiger partial charge on any atom is 0.416 e. The molecule has 538 valence electrons. The first-order chi connectivity index (χ1) is 46.8. The van der Waals surface area contributed by atoms with Crippen molar-refractivity contribution in [2.45, 2.75) is 174 Å². The molecule has 8 rings (SSSR count). The summed E-state index contributed by atoms with van der Waals surface area (Å²) < 4.78 is 76.8. The zero-order valence-corrected chi connectivity index (χ0v) is 58.5. The van der Waals surface area contributed by atoms with Gasteiger partial charge in [-0.15, -0.1) is 0 Å². The highest BCUT2D eigenvalue weighted by molar-refractivity contribution is 7.86. The molecule has 0 aromatic heterocycles. The molecule has 3 aromatic carbocycles. The summed E-state index contributed by atoms with van der Waals surface area (Å²) in [7, 11) is -1.83. The molecule has 5 heterocycles. The number of aliphatic hydroxyl groups excluding tert-OH is 1. The van der Waals surface area contributed by atoms with Gasteiger partial charge in [0.05, 0.1) is 92.9 Å². The molecular weight excluding hydrogens is 1310 g/mol. The van der Waals surface area contributed by atoms with Crippen LogP contribution in [0.5, 0.6) is 23.0 Å². The Hall–Kier alpha value is -9.10. The van der Waals surface area contributed by atoms with Gasteiger partial charge in [-0.3, -0.25) is 47.8 Å². The molecule has 0 spiro atoms. The van der Waals surface area contributed by atoms with Crippen molar-refractivity contribution >= 4 is 80.5 Å². The molecule has 5 aliphatic rings. The number of carbonyl (C=O) groups is 9. The number of imide groups is 1. The van der Waals surface area contributed by atoms with Gasteiger partial charge in [-0.2, -0.15) is 8.42 Å². The quantitative estimate of drug-likeness (QED) is 0.0195. The molecule has 0 saturated carbocycles. The van der Waals surface area contributed by atoms with E-state index >= 15 is 0 Å². The van der Waals surface area contributed by atoms with Gasteiger partial charge < -0.3 is 74.6 Å². The molecule has 0 radical (unpaired) electrons. The van der Waals surface area contributed by atoms with Crippen LogP contribution in [0.3, 0.4) is 0 Å². The number of anilines is 3. The predicted molar refractivity (Wildman–Crippen MR) is 362 cm³/mol. The summed E-state index contributed by atoms with van der Waals surface area (Å²) in [5.74, 6) is -3.20. The van der Waals surface area contributed by atoms with Crippen molar-refractivity contribution in [3.05, 3.63) is 101 Å². The fourth-order valence-corrected chi connectivity index (χ4v) is 12.7. The average Bonchev–Trinajstić information content (AvgIpc) is 1.63. The molecule has 0 saturated heterocycles. The molecule has 6 atom stereocenters. The first kappa shape index (κ1) is 75.7. The van der Waals surface area contributed by atoms with Gasteiger partial charge in [-0.05, 0) is 129 Å². The number of carbonyl (C=O) groups excluding carboxylic acids is 9. The Labute approximate surface area is 576 Å². The number of ether oxygens (including phenoxy) is 7. The third kappa shape index (κ3) is 19.4. The number of fused-ring (bicyclic) bond motifs is 4. The number of rotatable bonds is 33. The fourth-order valence-electron chi connectivity index (χ4n) is 11.8. The number of nitrogens with one attached hydrogen (secondary N) is 5. The molecule has 29 nitrogen and oxygen atoms in total. The standard InChI is InChI=1S/C69H91N9O20S/c1-40(2)60(74-57(80)22-29-97-69(8,9)24-30-98-68(6,7)23-25-70-56(79)21-26-75-58(81)19-20-59(75)82)62(84)71-43(5)61(83)72-45-17-15-44(16-18-45)39-96-67(88)78-49-36-55(53(93-11)34-47(49)65(86)77-38-42(4)32-51(77)66(78)87)95-28-14-12-13-27-94-54-35-48-46(33-52(54)92-10)64(85)76-37-41(3)31-50(76)63(73-48)99(89,90)91/h15-20,33-38,40,43,50-51,60,63,66,73,87H,12-14,21-32,39H2,1-11H3,(H,70,79)(H,71,84)(H,72,83)(H,74,80)(H,89,90,91). The Balaban J connectivity index is 0.783. The number of nitrogens with zero attached hydrogens (tertiary/aromatic N) is 4. The van der Waals surface area contributed by atoms with E-state index in [2.05, 4.69) is 26.6 Å². The fraction of sp³-hybridized carbons (Fsp3) is 0.522. The Bertz CT molecular complexity index is 3740. The second-order valence-electron chi connectivity index (χ2n) is 26.6. The highest BCUT2D eigenvalue weighted by Gasteiger charge is 2.47. The smallest absolute Gasteiger partial charge is 0.416 e. The van der Waals surface area contributed by atoms with Gasteiger partial charge in [-0.1, -0.05) is 37.1 Å². The lowest BCUT2D eigenvalue weighted by atomic mass is 10.0. The van der Waals surface area contributed by atoms with Crippen LogP contribution in [0.1, 0.15) is 146 Å². The van der Waals surface area contributed by atoms with E-state index in [1.165, 1.54) is 67.4 Å². The number of amides is 9. The molecule has 0 fully saturated rings. The highest BCUT2D eigenvalue weighted by atomic mass is 32.2. The first-order valence-electron chi connectivity index (χ1n) is 32.9. The monoisotopic (exact) mass is 1400 g/mol. The largest absolute Gasteiger partial charge is 0.493 e. The number of hydrogen-bond donors (Lipinski definition) is 7. The van der Waals surface area contributed by atoms with Crippen molar-refractivity contribution in [2.75, 3.05) is 69.3 Å². The van der Waals surface area contributed by atoms with E-state index in [0.29, 0.717) is 56.5 Å². The number of hydrogen-bond acceptors (Lipinski definition) is 20. The summed E-state index contributed by atoms with van der Waals surface area (Å²) in [6, 6.07) is 8.48. The van der Waals surface area contributed by atoms with Crippen LogP contribution in [-0.2, 0) is 59.7 Å². The van der Waals surface area contributed by atoms with E-state index in [4.69, 9.17) is 33.2 Å². The molecule has 5 aliphatic heterocycles. The van der Waals surface area contributed by atoms with Gasteiger partial charge in [0.1, 0.15) is 18.7 Å². The van der Waals surface area contributed by atoms with Gasteiger partial charge in [0.15, 0.2) is 34.6 Å². The Morgan fingerprint density at radius 1 is 0.687 bits per heavy atom. The maximum atomic E-state index is 14.3. The van der Waals surface area contributed by atoms with Crippen molar-refractivity contribution in [3.63, 3.8) is 0 Å². The molecule has 30 heteroatoms.